The molecule has 1 aliphatic heterocycles. The van der Waals surface area contributed by atoms with Crippen LogP contribution in [-0.2, 0) is 4.79 Å². The molecule has 1 aromatic carbocycles. The molecule has 0 saturated heterocycles. The standard InChI is InChI=1S/C12H13NOS/c1-12(2)8-15-10(13-11(12)14)9-6-4-3-5-7-9/h3-7H,8H2,1-2H3. The minimum absolute atomic E-state index is 0.0138. The van der Waals surface area contributed by atoms with Crippen molar-refractivity contribution in [2.45, 2.75) is 13.8 Å². The minimum atomic E-state index is -0.317. The van der Waals surface area contributed by atoms with Crippen LogP contribution in [-0.4, -0.2) is 16.7 Å². The van der Waals surface area contributed by atoms with Crippen LogP contribution in [0.1, 0.15) is 19.4 Å². The van der Waals surface area contributed by atoms with E-state index in [-0.39, 0.29) is 11.3 Å². The third-order valence-corrected chi connectivity index (χ3v) is 3.84. The van der Waals surface area contributed by atoms with E-state index in [1.807, 2.05) is 44.2 Å². The maximum Gasteiger partial charge on any atom is 0.253 e. The van der Waals surface area contributed by atoms with Crippen LogP contribution in [0.25, 0.3) is 0 Å². The highest BCUT2D eigenvalue weighted by Gasteiger charge is 2.32. The number of amides is 1. The van der Waals surface area contributed by atoms with E-state index in [1.54, 1.807) is 11.8 Å². The number of thioether (sulfide) groups is 1. The molecule has 0 bridgehead atoms. The summed E-state index contributed by atoms with van der Waals surface area (Å²) < 4.78 is 0. The number of carbonyl (C=O) groups is 1. The van der Waals surface area contributed by atoms with Crippen LogP contribution in [0.5, 0.6) is 0 Å². The summed E-state index contributed by atoms with van der Waals surface area (Å²) in [6.45, 7) is 3.88. The predicted octanol–water partition coefficient (Wildman–Crippen LogP) is 2.73. The quantitative estimate of drug-likeness (QED) is 0.726. The van der Waals surface area contributed by atoms with Gasteiger partial charge in [-0.3, -0.25) is 4.79 Å². The summed E-state index contributed by atoms with van der Waals surface area (Å²) >= 11 is 1.66. The molecule has 1 aromatic rings. The molecule has 0 fully saturated rings. The number of aliphatic imine (C=N–C) groups is 1. The molecule has 0 N–H and O–H groups in total. The molecule has 1 amide bonds. The fourth-order valence-electron chi connectivity index (χ4n) is 1.31. The summed E-state index contributed by atoms with van der Waals surface area (Å²) in [5, 5.41) is 0.847. The minimum Gasteiger partial charge on any atom is -0.272 e. The second kappa shape index (κ2) is 3.81. The van der Waals surface area contributed by atoms with E-state index in [9.17, 15) is 4.79 Å². The number of carbonyl (C=O) groups excluding carboxylic acids is 1. The zero-order valence-electron chi connectivity index (χ0n) is 8.86. The van der Waals surface area contributed by atoms with Crippen LogP contribution < -0.4 is 0 Å². The van der Waals surface area contributed by atoms with Gasteiger partial charge in [-0.05, 0) is 0 Å². The summed E-state index contributed by atoms with van der Waals surface area (Å²) in [5.74, 6) is 0.791. The van der Waals surface area contributed by atoms with E-state index in [0.29, 0.717) is 0 Å². The van der Waals surface area contributed by atoms with Gasteiger partial charge in [0.15, 0.2) is 0 Å². The molecule has 0 spiro atoms. The van der Waals surface area contributed by atoms with Gasteiger partial charge in [-0.25, -0.2) is 4.99 Å². The number of rotatable bonds is 1. The maximum atomic E-state index is 11.7. The van der Waals surface area contributed by atoms with Crippen LogP contribution in [0.4, 0.5) is 0 Å². The Bertz CT molecular complexity index is 409. The molecule has 0 atom stereocenters. The Morgan fingerprint density at radius 3 is 2.53 bits per heavy atom. The first kappa shape index (κ1) is 10.4. The van der Waals surface area contributed by atoms with Crippen molar-refractivity contribution in [1.29, 1.82) is 0 Å². The van der Waals surface area contributed by atoms with Crippen molar-refractivity contribution >= 4 is 22.7 Å². The Morgan fingerprint density at radius 1 is 1.27 bits per heavy atom. The van der Waals surface area contributed by atoms with Gasteiger partial charge in [0.25, 0.3) is 5.91 Å². The largest absolute Gasteiger partial charge is 0.272 e. The highest BCUT2D eigenvalue weighted by atomic mass is 32.2. The van der Waals surface area contributed by atoms with Crippen molar-refractivity contribution in [3.63, 3.8) is 0 Å². The topological polar surface area (TPSA) is 29.4 Å². The van der Waals surface area contributed by atoms with Crippen molar-refractivity contribution in [1.82, 2.24) is 0 Å². The second-order valence-electron chi connectivity index (χ2n) is 4.26. The first-order valence-corrected chi connectivity index (χ1v) is 5.89. The molecule has 78 valence electrons. The number of hydrogen-bond acceptors (Lipinski definition) is 2. The lowest BCUT2D eigenvalue weighted by Crippen LogP contribution is -2.30. The van der Waals surface area contributed by atoms with Gasteiger partial charge in [-0.1, -0.05) is 44.2 Å². The number of benzene rings is 1. The van der Waals surface area contributed by atoms with E-state index >= 15 is 0 Å². The van der Waals surface area contributed by atoms with Crippen molar-refractivity contribution in [2.75, 3.05) is 5.75 Å². The second-order valence-corrected chi connectivity index (χ2v) is 5.22. The first-order valence-electron chi connectivity index (χ1n) is 4.91. The maximum absolute atomic E-state index is 11.7. The SMILES string of the molecule is CC1(C)CSC(c2ccccc2)=NC1=O. The molecule has 15 heavy (non-hydrogen) atoms. The average molecular weight is 219 g/mol. The lowest BCUT2D eigenvalue weighted by molar-refractivity contribution is -0.124. The van der Waals surface area contributed by atoms with Crippen LogP contribution in [0.15, 0.2) is 35.3 Å². The summed E-state index contributed by atoms with van der Waals surface area (Å²) in [6, 6.07) is 9.85. The fourth-order valence-corrected chi connectivity index (χ4v) is 2.39. The van der Waals surface area contributed by atoms with Crippen molar-refractivity contribution in [3.8, 4) is 0 Å². The highest BCUT2D eigenvalue weighted by molar-refractivity contribution is 8.14. The van der Waals surface area contributed by atoms with Crippen molar-refractivity contribution in [2.24, 2.45) is 10.4 Å². The third kappa shape index (κ3) is 2.12. The van der Waals surface area contributed by atoms with E-state index in [2.05, 4.69) is 4.99 Å². The Kier molecular flexibility index (Phi) is 2.65. The van der Waals surface area contributed by atoms with Crippen LogP contribution in [0.2, 0.25) is 0 Å². The van der Waals surface area contributed by atoms with Gasteiger partial charge in [-0.2, -0.15) is 0 Å². The van der Waals surface area contributed by atoms with Crippen LogP contribution in [0.3, 0.4) is 0 Å². The highest BCUT2D eigenvalue weighted by Crippen LogP contribution is 2.31. The lowest BCUT2D eigenvalue weighted by Gasteiger charge is -2.25. The molecule has 0 radical (unpaired) electrons. The molecule has 0 unspecified atom stereocenters. The third-order valence-electron chi connectivity index (χ3n) is 2.37. The van der Waals surface area contributed by atoms with Crippen LogP contribution in [0, 0.1) is 5.41 Å². The van der Waals surface area contributed by atoms with E-state index < -0.39 is 0 Å². The van der Waals surface area contributed by atoms with Gasteiger partial charge in [0.2, 0.25) is 0 Å². The van der Waals surface area contributed by atoms with E-state index in [0.717, 1.165) is 16.4 Å². The van der Waals surface area contributed by atoms with Gasteiger partial charge in [0.05, 0.1) is 5.41 Å². The Labute approximate surface area is 93.8 Å². The predicted molar refractivity (Wildman–Crippen MR) is 64.2 cm³/mol. The van der Waals surface area contributed by atoms with Crippen molar-refractivity contribution < 1.29 is 4.79 Å². The molecule has 2 nitrogen and oxygen atoms in total. The van der Waals surface area contributed by atoms with E-state index in [4.69, 9.17) is 0 Å². The van der Waals surface area contributed by atoms with E-state index in [1.165, 1.54) is 0 Å². The monoisotopic (exact) mass is 219 g/mol. The van der Waals surface area contributed by atoms with Crippen molar-refractivity contribution in [3.05, 3.63) is 35.9 Å². The lowest BCUT2D eigenvalue weighted by atomic mass is 9.95. The molecule has 0 aromatic heterocycles. The molecule has 1 aliphatic rings. The Balaban J connectivity index is 2.31. The average Bonchev–Trinajstić information content (AvgIpc) is 2.23. The molecular formula is C12H13NOS. The first-order chi connectivity index (χ1) is 7.09. The van der Waals surface area contributed by atoms with Crippen LogP contribution >= 0.6 is 11.8 Å². The molecule has 1 heterocycles. The molecule has 3 heteroatoms. The zero-order chi connectivity index (χ0) is 10.9. The summed E-state index contributed by atoms with van der Waals surface area (Å²) in [7, 11) is 0. The summed E-state index contributed by atoms with van der Waals surface area (Å²) in [6.07, 6.45) is 0. The number of hydrogen-bond donors (Lipinski definition) is 0. The fraction of sp³-hybridized carbons (Fsp3) is 0.333. The summed E-state index contributed by atoms with van der Waals surface area (Å²) in [4.78, 5) is 15.8. The van der Waals surface area contributed by atoms with Gasteiger partial charge in [-0.15, -0.1) is 11.8 Å². The molecule has 0 aliphatic carbocycles. The summed E-state index contributed by atoms with van der Waals surface area (Å²) in [5.41, 5.74) is 0.717. The van der Waals surface area contributed by atoms with Gasteiger partial charge in [0.1, 0.15) is 5.04 Å². The van der Waals surface area contributed by atoms with Gasteiger partial charge >= 0.3 is 0 Å². The molecule has 2 rings (SSSR count). The number of nitrogens with zero attached hydrogens (tertiary/aromatic N) is 1. The van der Waals surface area contributed by atoms with Gasteiger partial charge < -0.3 is 0 Å². The normalized spacial score (nSPS) is 19.9. The zero-order valence-corrected chi connectivity index (χ0v) is 9.67. The molecular weight excluding hydrogens is 206 g/mol. The Morgan fingerprint density at radius 2 is 1.93 bits per heavy atom. The van der Waals surface area contributed by atoms with Gasteiger partial charge in [0, 0.05) is 11.3 Å². The Hall–Kier alpha value is -1.09. The smallest absolute Gasteiger partial charge is 0.253 e. The molecule has 0 saturated carbocycles.